The molecule has 0 saturated carbocycles. The van der Waals surface area contributed by atoms with Crippen LogP contribution in [0.15, 0.2) is 24.3 Å². The van der Waals surface area contributed by atoms with Gasteiger partial charge in [-0.2, -0.15) is 15.0 Å². The first-order chi connectivity index (χ1) is 10.4. The fourth-order valence-corrected chi connectivity index (χ4v) is 2.63. The molecule has 8 nitrogen and oxygen atoms in total. The van der Waals surface area contributed by atoms with Gasteiger partial charge in [0.15, 0.2) is 5.82 Å². The number of nitrogens with zero attached hydrogens (tertiary/aromatic N) is 7. The number of tetrazole rings is 1. The molecule has 0 atom stereocenters. The Morgan fingerprint density at radius 2 is 1.81 bits per heavy atom. The molecule has 0 radical (unpaired) electrons. The summed E-state index contributed by atoms with van der Waals surface area (Å²) in [6.07, 6.45) is 1.87. The minimum absolute atomic E-state index is 0.300. The van der Waals surface area contributed by atoms with Crippen LogP contribution in [0.25, 0.3) is 11.0 Å². The van der Waals surface area contributed by atoms with E-state index in [1.807, 2.05) is 28.9 Å². The van der Waals surface area contributed by atoms with Crippen LogP contribution in [0, 0.1) is 0 Å². The molecule has 3 aromatic rings. The van der Waals surface area contributed by atoms with Gasteiger partial charge < -0.3 is 4.74 Å². The van der Waals surface area contributed by atoms with E-state index < -0.39 is 0 Å². The number of ether oxygens (including phenoxy) is 1. The molecule has 108 valence electrons. The van der Waals surface area contributed by atoms with Crippen molar-refractivity contribution in [1.29, 1.82) is 0 Å². The number of rotatable bonds is 3. The van der Waals surface area contributed by atoms with Crippen LogP contribution in [0.5, 0.6) is 0 Å². The molecule has 1 aliphatic rings. The van der Waals surface area contributed by atoms with Gasteiger partial charge in [0.1, 0.15) is 17.6 Å². The predicted molar refractivity (Wildman–Crippen MR) is 73.5 cm³/mol. The Labute approximate surface area is 120 Å². The Hall–Kier alpha value is -2.35. The molecular weight excluding hydrogens is 270 g/mol. The molecule has 1 aliphatic heterocycles. The second-order valence-electron chi connectivity index (χ2n) is 5.10. The number of benzene rings is 1. The van der Waals surface area contributed by atoms with Gasteiger partial charge in [-0.1, -0.05) is 12.1 Å². The lowest BCUT2D eigenvalue weighted by Gasteiger charge is -2.22. The molecule has 3 heterocycles. The SMILES string of the molecule is c1ccc2nn(Cc3nnnn3C3CCOCC3)nc2c1. The van der Waals surface area contributed by atoms with E-state index in [4.69, 9.17) is 4.74 Å². The standard InChI is InChI=1S/C13H15N7O/c1-2-4-12-11(3-1)15-19(16-12)9-13-14-17-18-20(13)10-5-7-21-8-6-10/h1-4,10H,5-9H2. The molecule has 4 rings (SSSR count). The van der Waals surface area contributed by atoms with Crippen molar-refractivity contribution in [3.8, 4) is 0 Å². The van der Waals surface area contributed by atoms with E-state index in [1.54, 1.807) is 4.80 Å². The quantitative estimate of drug-likeness (QED) is 0.708. The Morgan fingerprint density at radius 1 is 1.10 bits per heavy atom. The molecule has 2 aromatic heterocycles. The normalized spacial score (nSPS) is 16.6. The smallest absolute Gasteiger partial charge is 0.174 e. The van der Waals surface area contributed by atoms with E-state index in [1.165, 1.54) is 0 Å². The fraction of sp³-hybridized carbons (Fsp3) is 0.462. The van der Waals surface area contributed by atoms with Gasteiger partial charge in [0.25, 0.3) is 0 Å². The highest BCUT2D eigenvalue weighted by Crippen LogP contribution is 2.20. The van der Waals surface area contributed by atoms with Gasteiger partial charge in [-0.05, 0) is 35.4 Å². The third-order valence-electron chi connectivity index (χ3n) is 3.71. The first-order valence-electron chi connectivity index (χ1n) is 7.04. The van der Waals surface area contributed by atoms with E-state index in [2.05, 4.69) is 25.7 Å². The van der Waals surface area contributed by atoms with E-state index in [0.717, 1.165) is 42.9 Å². The maximum absolute atomic E-state index is 5.38. The van der Waals surface area contributed by atoms with Crippen LogP contribution in [0.4, 0.5) is 0 Å². The number of hydrogen-bond donors (Lipinski definition) is 0. The summed E-state index contributed by atoms with van der Waals surface area (Å²) in [6.45, 7) is 1.99. The van der Waals surface area contributed by atoms with Crippen molar-refractivity contribution in [2.75, 3.05) is 13.2 Å². The van der Waals surface area contributed by atoms with Crippen molar-refractivity contribution < 1.29 is 4.74 Å². The molecule has 0 N–H and O–H groups in total. The van der Waals surface area contributed by atoms with E-state index in [0.29, 0.717) is 12.6 Å². The maximum atomic E-state index is 5.38. The van der Waals surface area contributed by atoms with Crippen LogP contribution < -0.4 is 0 Å². The lowest BCUT2D eigenvalue weighted by atomic mass is 10.1. The summed E-state index contributed by atoms with van der Waals surface area (Å²) >= 11 is 0. The van der Waals surface area contributed by atoms with Gasteiger partial charge in [-0.3, -0.25) is 0 Å². The molecule has 1 saturated heterocycles. The summed E-state index contributed by atoms with van der Waals surface area (Å²) in [5.74, 6) is 0.780. The number of fused-ring (bicyclic) bond motifs is 1. The molecular formula is C13H15N7O. The monoisotopic (exact) mass is 285 g/mol. The van der Waals surface area contributed by atoms with Crippen molar-refractivity contribution in [2.24, 2.45) is 0 Å². The highest BCUT2D eigenvalue weighted by molar-refractivity contribution is 5.72. The van der Waals surface area contributed by atoms with Crippen molar-refractivity contribution in [1.82, 2.24) is 35.2 Å². The largest absolute Gasteiger partial charge is 0.381 e. The summed E-state index contributed by atoms with van der Waals surface area (Å²) < 4.78 is 7.27. The first-order valence-corrected chi connectivity index (χ1v) is 7.04. The molecule has 0 aliphatic carbocycles. The highest BCUT2D eigenvalue weighted by Gasteiger charge is 2.21. The van der Waals surface area contributed by atoms with Gasteiger partial charge in [-0.15, -0.1) is 5.10 Å². The van der Waals surface area contributed by atoms with Crippen LogP contribution in [0.2, 0.25) is 0 Å². The second-order valence-corrected chi connectivity index (χ2v) is 5.10. The molecule has 8 heteroatoms. The average Bonchev–Trinajstić information content (AvgIpc) is 3.14. The molecule has 21 heavy (non-hydrogen) atoms. The van der Waals surface area contributed by atoms with Gasteiger partial charge in [0, 0.05) is 13.2 Å². The minimum Gasteiger partial charge on any atom is -0.381 e. The summed E-state index contributed by atoms with van der Waals surface area (Å²) in [4.78, 5) is 1.65. The fourth-order valence-electron chi connectivity index (χ4n) is 2.63. The van der Waals surface area contributed by atoms with Gasteiger partial charge in [-0.25, -0.2) is 4.68 Å². The third-order valence-corrected chi connectivity index (χ3v) is 3.71. The van der Waals surface area contributed by atoms with Gasteiger partial charge >= 0.3 is 0 Å². The zero-order valence-electron chi connectivity index (χ0n) is 11.5. The number of hydrogen-bond acceptors (Lipinski definition) is 6. The van der Waals surface area contributed by atoms with Crippen LogP contribution in [0.3, 0.4) is 0 Å². The molecule has 0 amide bonds. The van der Waals surface area contributed by atoms with Crippen molar-refractivity contribution in [2.45, 2.75) is 25.4 Å². The van der Waals surface area contributed by atoms with Crippen LogP contribution in [0.1, 0.15) is 24.7 Å². The molecule has 0 spiro atoms. The van der Waals surface area contributed by atoms with E-state index in [-0.39, 0.29) is 0 Å². The zero-order chi connectivity index (χ0) is 14.1. The van der Waals surface area contributed by atoms with Crippen LogP contribution in [-0.2, 0) is 11.3 Å². The average molecular weight is 285 g/mol. The van der Waals surface area contributed by atoms with E-state index in [9.17, 15) is 0 Å². The lowest BCUT2D eigenvalue weighted by molar-refractivity contribution is 0.0647. The summed E-state index contributed by atoms with van der Waals surface area (Å²) in [6, 6.07) is 8.09. The minimum atomic E-state index is 0.300. The third kappa shape index (κ3) is 2.38. The Bertz CT molecular complexity index is 711. The van der Waals surface area contributed by atoms with E-state index >= 15 is 0 Å². The Morgan fingerprint density at radius 3 is 2.52 bits per heavy atom. The molecule has 0 unspecified atom stereocenters. The van der Waals surface area contributed by atoms with Crippen LogP contribution >= 0.6 is 0 Å². The topological polar surface area (TPSA) is 83.5 Å². The molecule has 0 bridgehead atoms. The Balaban J connectivity index is 1.60. The summed E-state index contributed by atoms with van der Waals surface area (Å²) in [5, 5.41) is 20.9. The molecule has 1 fully saturated rings. The number of aromatic nitrogens is 7. The van der Waals surface area contributed by atoms with Gasteiger partial charge in [0.05, 0.1) is 6.04 Å². The van der Waals surface area contributed by atoms with Crippen LogP contribution in [-0.4, -0.2) is 48.4 Å². The highest BCUT2D eigenvalue weighted by atomic mass is 16.5. The summed E-state index contributed by atoms with van der Waals surface area (Å²) in [5.41, 5.74) is 1.75. The Kier molecular flexibility index (Phi) is 3.07. The lowest BCUT2D eigenvalue weighted by Crippen LogP contribution is -2.23. The van der Waals surface area contributed by atoms with Gasteiger partial charge in [0.2, 0.25) is 0 Å². The summed E-state index contributed by atoms with van der Waals surface area (Å²) in [7, 11) is 0. The van der Waals surface area contributed by atoms with Crippen molar-refractivity contribution in [3.63, 3.8) is 0 Å². The predicted octanol–water partition coefficient (Wildman–Crippen LogP) is 0.818. The second kappa shape index (κ2) is 5.21. The van der Waals surface area contributed by atoms with Crippen molar-refractivity contribution in [3.05, 3.63) is 30.1 Å². The molecule has 1 aromatic carbocycles. The maximum Gasteiger partial charge on any atom is 0.174 e. The first kappa shape index (κ1) is 12.4. The zero-order valence-corrected chi connectivity index (χ0v) is 11.5. The van der Waals surface area contributed by atoms with Crippen molar-refractivity contribution >= 4 is 11.0 Å².